The molecule has 0 radical (unpaired) electrons. The maximum Gasteiger partial charge on any atom is 0.251 e. The molecule has 34 heavy (non-hydrogen) atoms. The Hall–Kier alpha value is -2.92. The molecule has 0 saturated heterocycles. The number of hydrogen-bond acceptors (Lipinski definition) is 3. The molecule has 3 aromatic rings. The van der Waals surface area contributed by atoms with E-state index in [0.29, 0.717) is 23.4 Å². The molecule has 1 amide bonds. The molecule has 0 atom stereocenters. The largest absolute Gasteiger partial charge is 0.352 e. The van der Waals surface area contributed by atoms with E-state index < -0.39 is 0 Å². The summed E-state index contributed by atoms with van der Waals surface area (Å²) < 4.78 is 1.85. The van der Waals surface area contributed by atoms with Crippen molar-refractivity contribution in [1.29, 1.82) is 0 Å². The quantitative estimate of drug-likeness (QED) is 0.311. The van der Waals surface area contributed by atoms with Gasteiger partial charge in [-0.15, -0.1) is 0 Å². The Morgan fingerprint density at radius 1 is 0.824 bits per heavy atom. The van der Waals surface area contributed by atoms with E-state index in [9.17, 15) is 9.59 Å². The zero-order valence-electron chi connectivity index (χ0n) is 21.0. The number of aryl methyl sites for hydroxylation is 1. The summed E-state index contributed by atoms with van der Waals surface area (Å²) in [5.74, 6) is -0.115. The number of fused-ring (bicyclic) bond motifs is 1. The minimum atomic E-state index is -0.103. The second kappa shape index (κ2) is 13.1. The van der Waals surface area contributed by atoms with Crippen molar-refractivity contribution < 1.29 is 9.59 Å². The molecule has 2 aromatic heterocycles. The fourth-order valence-electron chi connectivity index (χ4n) is 4.28. The number of unbranched alkanes of at least 4 members (excludes halogenated alkanes) is 2. The first kappa shape index (κ1) is 25.7. The summed E-state index contributed by atoms with van der Waals surface area (Å²) in [4.78, 5) is 27.8. The third kappa shape index (κ3) is 6.80. The summed E-state index contributed by atoms with van der Waals surface area (Å²) in [6, 6.07) is 15.3. The normalized spacial score (nSPS) is 11.3. The smallest absolute Gasteiger partial charge is 0.251 e. The van der Waals surface area contributed by atoms with Crippen molar-refractivity contribution in [3.05, 3.63) is 77.1 Å². The van der Waals surface area contributed by atoms with Crippen LogP contribution >= 0.6 is 0 Å². The number of carbonyl (C=O) groups excluding carboxylic acids is 2. The van der Waals surface area contributed by atoms with Gasteiger partial charge in [-0.05, 0) is 82.1 Å². The van der Waals surface area contributed by atoms with Crippen LogP contribution in [0.2, 0.25) is 0 Å². The topological polar surface area (TPSA) is 53.8 Å². The van der Waals surface area contributed by atoms with Crippen LogP contribution in [0.1, 0.15) is 84.8 Å². The lowest BCUT2D eigenvalue weighted by molar-refractivity contribution is 0.0955. The molecule has 1 N–H and O–H groups in total. The molecule has 0 aliphatic carbocycles. The van der Waals surface area contributed by atoms with E-state index in [1.165, 1.54) is 44.3 Å². The number of rotatable bonds is 14. The Morgan fingerprint density at radius 3 is 2.15 bits per heavy atom. The zero-order valence-corrected chi connectivity index (χ0v) is 21.0. The van der Waals surface area contributed by atoms with Gasteiger partial charge in [-0.1, -0.05) is 51.0 Å². The highest BCUT2D eigenvalue weighted by Crippen LogP contribution is 2.17. The average Bonchev–Trinajstić information content (AvgIpc) is 3.28. The fraction of sp³-hybridized carbons (Fsp3) is 0.448. The van der Waals surface area contributed by atoms with Gasteiger partial charge in [0.15, 0.2) is 0 Å². The van der Waals surface area contributed by atoms with Crippen molar-refractivity contribution in [1.82, 2.24) is 14.6 Å². The van der Waals surface area contributed by atoms with E-state index in [2.05, 4.69) is 36.2 Å². The number of benzene rings is 1. The van der Waals surface area contributed by atoms with Gasteiger partial charge in [-0.2, -0.15) is 0 Å². The van der Waals surface area contributed by atoms with Gasteiger partial charge in [0.25, 0.3) is 5.91 Å². The molecule has 0 unspecified atom stereocenters. The Balaban J connectivity index is 1.61. The molecule has 0 bridgehead atoms. The number of aromatic nitrogens is 1. The molecular weight excluding hydrogens is 422 g/mol. The van der Waals surface area contributed by atoms with E-state index in [0.717, 1.165) is 24.9 Å². The molecule has 1 aromatic carbocycles. The maximum absolute atomic E-state index is 13.2. The highest BCUT2D eigenvalue weighted by atomic mass is 16.1. The van der Waals surface area contributed by atoms with E-state index in [1.54, 1.807) is 12.3 Å². The molecule has 182 valence electrons. The monoisotopic (exact) mass is 461 g/mol. The van der Waals surface area contributed by atoms with Crippen LogP contribution < -0.4 is 5.32 Å². The molecule has 0 spiro atoms. The van der Waals surface area contributed by atoms with Gasteiger partial charge in [0.2, 0.25) is 5.78 Å². The number of nitrogens with one attached hydrogen (secondary N) is 1. The summed E-state index contributed by atoms with van der Waals surface area (Å²) in [7, 11) is 0. The van der Waals surface area contributed by atoms with Crippen molar-refractivity contribution in [2.24, 2.45) is 0 Å². The standard InChI is InChI=1S/C29H39N3O2/c1-4-7-18-31(19-8-5-2)20-9-10-23-11-13-24(14-12-23)28(33)27-16-15-26-22-25(17-21-32(26)27)29(34)30-6-3/h11-17,21-22H,4-10,18-20H2,1-3H3,(H,30,34). The first-order valence-electron chi connectivity index (χ1n) is 12.8. The highest BCUT2D eigenvalue weighted by Gasteiger charge is 2.15. The lowest BCUT2D eigenvalue weighted by atomic mass is 10.0. The number of carbonyl (C=O) groups is 2. The van der Waals surface area contributed by atoms with Gasteiger partial charge in [-0.25, -0.2) is 0 Å². The fourth-order valence-corrected chi connectivity index (χ4v) is 4.28. The minimum Gasteiger partial charge on any atom is -0.352 e. The van der Waals surface area contributed by atoms with Crippen molar-refractivity contribution in [3.8, 4) is 0 Å². The molecule has 0 aliphatic heterocycles. The van der Waals surface area contributed by atoms with Crippen LogP contribution in [-0.2, 0) is 6.42 Å². The van der Waals surface area contributed by atoms with Gasteiger partial charge in [0.05, 0.1) is 5.69 Å². The van der Waals surface area contributed by atoms with E-state index in [1.807, 2.05) is 41.7 Å². The number of hydrogen-bond donors (Lipinski definition) is 1. The number of ketones is 1. The Morgan fingerprint density at radius 2 is 1.50 bits per heavy atom. The van der Waals surface area contributed by atoms with Crippen LogP contribution in [0.5, 0.6) is 0 Å². The molecule has 5 nitrogen and oxygen atoms in total. The van der Waals surface area contributed by atoms with Crippen molar-refractivity contribution in [3.63, 3.8) is 0 Å². The van der Waals surface area contributed by atoms with Crippen molar-refractivity contribution in [2.75, 3.05) is 26.2 Å². The first-order chi connectivity index (χ1) is 16.6. The molecule has 0 aliphatic rings. The van der Waals surface area contributed by atoms with E-state index in [4.69, 9.17) is 0 Å². The number of amides is 1. The molecule has 2 heterocycles. The van der Waals surface area contributed by atoms with Crippen LogP contribution in [0, 0.1) is 0 Å². The first-order valence-corrected chi connectivity index (χ1v) is 12.8. The lowest BCUT2D eigenvalue weighted by Gasteiger charge is -2.21. The highest BCUT2D eigenvalue weighted by molar-refractivity contribution is 6.08. The number of pyridine rings is 1. The lowest BCUT2D eigenvalue weighted by Crippen LogP contribution is -2.27. The molecule has 3 rings (SSSR count). The Bertz CT molecular complexity index is 1060. The third-order valence-electron chi connectivity index (χ3n) is 6.30. The average molecular weight is 462 g/mol. The van der Waals surface area contributed by atoms with E-state index >= 15 is 0 Å². The van der Waals surface area contributed by atoms with Crippen LogP contribution in [0.3, 0.4) is 0 Å². The second-order valence-corrected chi connectivity index (χ2v) is 8.97. The predicted molar refractivity (Wildman–Crippen MR) is 140 cm³/mol. The van der Waals surface area contributed by atoms with Gasteiger partial charge in [0, 0.05) is 29.4 Å². The SMILES string of the molecule is CCCCN(CCCC)CCCc1ccc(C(=O)c2ccc3cc(C(=O)NCC)ccn23)cc1. The Kier molecular flexibility index (Phi) is 9.89. The van der Waals surface area contributed by atoms with Crippen LogP contribution in [-0.4, -0.2) is 47.2 Å². The van der Waals surface area contributed by atoms with E-state index in [-0.39, 0.29) is 11.7 Å². The minimum absolute atomic E-state index is 0.0115. The third-order valence-corrected chi connectivity index (χ3v) is 6.30. The van der Waals surface area contributed by atoms with Crippen LogP contribution in [0.15, 0.2) is 54.7 Å². The second-order valence-electron chi connectivity index (χ2n) is 8.97. The van der Waals surface area contributed by atoms with Crippen LogP contribution in [0.4, 0.5) is 0 Å². The molecule has 0 fully saturated rings. The summed E-state index contributed by atoms with van der Waals surface area (Å²) >= 11 is 0. The summed E-state index contributed by atoms with van der Waals surface area (Å²) in [5, 5.41) is 2.81. The summed E-state index contributed by atoms with van der Waals surface area (Å²) in [5.41, 5.74) is 3.99. The zero-order chi connectivity index (χ0) is 24.3. The maximum atomic E-state index is 13.2. The number of nitrogens with zero attached hydrogens (tertiary/aromatic N) is 2. The predicted octanol–water partition coefficient (Wildman–Crippen LogP) is 5.75. The van der Waals surface area contributed by atoms with Gasteiger partial charge in [0.1, 0.15) is 0 Å². The Labute approximate surface area is 204 Å². The van der Waals surface area contributed by atoms with Crippen molar-refractivity contribution >= 4 is 17.2 Å². The van der Waals surface area contributed by atoms with Gasteiger partial charge >= 0.3 is 0 Å². The van der Waals surface area contributed by atoms with Gasteiger partial charge < -0.3 is 14.6 Å². The molecule has 0 saturated carbocycles. The summed E-state index contributed by atoms with van der Waals surface area (Å²) in [6.07, 6.45) is 8.97. The van der Waals surface area contributed by atoms with Gasteiger partial charge in [-0.3, -0.25) is 9.59 Å². The molecule has 5 heteroatoms. The van der Waals surface area contributed by atoms with Crippen molar-refractivity contribution in [2.45, 2.75) is 59.3 Å². The summed E-state index contributed by atoms with van der Waals surface area (Å²) in [6.45, 7) is 10.5. The van der Waals surface area contributed by atoms with Crippen LogP contribution in [0.25, 0.3) is 5.52 Å². The molecular formula is C29H39N3O2.